The van der Waals surface area contributed by atoms with E-state index in [1.807, 2.05) is 22.2 Å². The topological polar surface area (TPSA) is 81.7 Å². The highest BCUT2D eigenvalue weighted by atomic mass is 32.1. The normalized spacial score (nSPS) is 18.5. The number of fused-ring (bicyclic) bond motifs is 1. The van der Waals surface area contributed by atoms with Crippen molar-refractivity contribution in [1.29, 1.82) is 0 Å². The molecule has 4 heterocycles. The van der Waals surface area contributed by atoms with E-state index in [0.29, 0.717) is 17.8 Å². The van der Waals surface area contributed by atoms with Crippen LogP contribution < -0.4 is 5.32 Å². The molecular formula is C16H20N6OS. The minimum Gasteiger partial charge on any atom is -0.337 e. The number of aryl methyl sites for hydroxylation is 2. The zero-order valence-electron chi connectivity index (χ0n) is 13.8. The Hall–Kier alpha value is -2.06. The standard InChI is InChI=1S/C16H20N6OS/c1-3-13-18-14-7-6-11(9-22(14)20-13)17-10(2)16-19-15(21-23-16)12-5-4-8-24-12/h4-5,8,10-11,17H,3,6-7,9H2,1-2H3. The van der Waals surface area contributed by atoms with Crippen LogP contribution in [0.2, 0.25) is 0 Å². The average Bonchev–Trinajstić information content (AvgIpc) is 3.32. The Morgan fingerprint density at radius 3 is 3.17 bits per heavy atom. The van der Waals surface area contributed by atoms with E-state index in [2.05, 4.69) is 39.4 Å². The Balaban J connectivity index is 1.42. The predicted octanol–water partition coefficient (Wildman–Crippen LogP) is 2.62. The van der Waals surface area contributed by atoms with Crippen molar-refractivity contribution in [3.8, 4) is 10.7 Å². The van der Waals surface area contributed by atoms with Crippen LogP contribution in [0.1, 0.15) is 43.8 Å². The Morgan fingerprint density at radius 1 is 1.46 bits per heavy atom. The zero-order valence-corrected chi connectivity index (χ0v) is 14.6. The summed E-state index contributed by atoms with van der Waals surface area (Å²) < 4.78 is 7.46. The van der Waals surface area contributed by atoms with Crippen molar-refractivity contribution in [1.82, 2.24) is 30.2 Å². The van der Waals surface area contributed by atoms with E-state index in [-0.39, 0.29) is 6.04 Å². The fraction of sp³-hybridized carbons (Fsp3) is 0.500. The lowest BCUT2D eigenvalue weighted by atomic mass is 10.1. The third-order valence-electron chi connectivity index (χ3n) is 4.26. The first kappa shape index (κ1) is 15.5. The molecule has 1 aliphatic rings. The molecule has 0 amide bonds. The molecule has 0 aromatic carbocycles. The summed E-state index contributed by atoms with van der Waals surface area (Å²) in [7, 11) is 0. The SMILES string of the molecule is CCc1nc2n(n1)CC(NC(C)c1nc(-c3cccs3)no1)CC2. The van der Waals surface area contributed by atoms with Gasteiger partial charge in [0.05, 0.1) is 17.5 Å². The van der Waals surface area contributed by atoms with E-state index in [4.69, 9.17) is 4.52 Å². The van der Waals surface area contributed by atoms with Gasteiger partial charge in [-0.3, -0.25) is 0 Å². The van der Waals surface area contributed by atoms with Crippen molar-refractivity contribution in [3.63, 3.8) is 0 Å². The Labute approximate surface area is 144 Å². The summed E-state index contributed by atoms with van der Waals surface area (Å²) in [5, 5.41) is 14.2. The van der Waals surface area contributed by atoms with Crippen LogP contribution in [0, 0.1) is 0 Å². The van der Waals surface area contributed by atoms with E-state index < -0.39 is 0 Å². The maximum Gasteiger partial charge on any atom is 0.243 e. The molecule has 3 aromatic rings. The van der Waals surface area contributed by atoms with E-state index in [1.54, 1.807) is 11.3 Å². The number of hydrogen-bond donors (Lipinski definition) is 1. The van der Waals surface area contributed by atoms with Crippen molar-refractivity contribution in [3.05, 3.63) is 35.1 Å². The first-order valence-corrected chi connectivity index (χ1v) is 9.17. The molecule has 2 unspecified atom stereocenters. The fourth-order valence-electron chi connectivity index (χ4n) is 2.99. The van der Waals surface area contributed by atoms with Gasteiger partial charge in [-0.25, -0.2) is 9.67 Å². The summed E-state index contributed by atoms with van der Waals surface area (Å²) in [4.78, 5) is 10.1. The number of thiophene rings is 1. The highest BCUT2D eigenvalue weighted by Crippen LogP contribution is 2.24. The van der Waals surface area contributed by atoms with Gasteiger partial charge >= 0.3 is 0 Å². The van der Waals surface area contributed by atoms with Crippen LogP contribution in [0.15, 0.2) is 22.0 Å². The Kier molecular flexibility index (Phi) is 4.15. The molecule has 4 rings (SSSR count). The molecule has 2 atom stereocenters. The van der Waals surface area contributed by atoms with E-state index >= 15 is 0 Å². The van der Waals surface area contributed by atoms with Gasteiger partial charge in [-0.1, -0.05) is 18.1 Å². The van der Waals surface area contributed by atoms with Gasteiger partial charge in [0, 0.05) is 18.9 Å². The molecule has 24 heavy (non-hydrogen) atoms. The van der Waals surface area contributed by atoms with Gasteiger partial charge < -0.3 is 9.84 Å². The lowest BCUT2D eigenvalue weighted by molar-refractivity contribution is 0.288. The average molecular weight is 344 g/mol. The highest BCUT2D eigenvalue weighted by Gasteiger charge is 2.24. The van der Waals surface area contributed by atoms with Crippen molar-refractivity contribution < 1.29 is 4.52 Å². The van der Waals surface area contributed by atoms with Crippen molar-refractivity contribution in [2.45, 2.75) is 51.7 Å². The maximum absolute atomic E-state index is 5.43. The zero-order chi connectivity index (χ0) is 16.5. The minimum atomic E-state index is 0.00642. The molecule has 0 radical (unpaired) electrons. The summed E-state index contributed by atoms with van der Waals surface area (Å²) in [5.74, 6) is 3.30. The fourth-order valence-corrected chi connectivity index (χ4v) is 3.64. The molecule has 0 bridgehead atoms. The molecule has 1 N–H and O–H groups in total. The van der Waals surface area contributed by atoms with Gasteiger partial charge in [-0.05, 0) is 24.8 Å². The number of hydrogen-bond acceptors (Lipinski definition) is 7. The van der Waals surface area contributed by atoms with Crippen LogP contribution in [0.4, 0.5) is 0 Å². The van der Waals surface area contributed by atoms with E-state index in [0.717, 1.165) is 42.3 Å². The molecule has 3 aromatic heterocycles. The van der Waals surface area contributed by atoms with Gasteiger partial charge in [-0.15, -0.1) is 11.3 Å². The minimum absolute atomic E-state index is 0.00642. The van der Waals surface area contributed by atoms with Crippen LogP contribution in [0.5, 0.6) is 0 Å². The summed E-state index contributed by atoms with van der Waals surface area (Å²) >= 11 is 1.61. The molecule has 0 spiro atoms. The molecule has 8 heteroatoms. The second-order valence-electron chi connectivity index (χ2n) is 6.04. The van der Waals surface area contributed by atoms with Crippen LogP contribution in [-0.2, 0) is 19.4 Å². The summed E-state index contributed by atoms with van der Waals surface area (Å²) in [6.07, 6.45) is 2.86. The molecule has 0 aliphatic carbocycles. The number of nitrogens with one attached hydrogen (secondary N) is 1. The quantitative estimate of drug-likeness (QED) is 0.766. The Bertz CT molecular complexity index is 809. The monoisotopic (exact) mass is 344 g/mol. The van der Waals surface area contributed by atoms with Crippen molar-refractivity contribution >= 4 is 11.3 Å². The second kappa shape index (κ2) is 6.45. The predicted molar refractivity (Wildman–Crippen MR) is 90.7 cm³/mol. The number of aromatic nitrogens is 5. The lowest BCUT2D eigenvalue weighted by Crippen LogP contribution is -2.39. The smallest absolute Gasteiger partial charge is 0.243 e. The highest BCUT2D eigenvalue weighted by molar-refractivity contribution is 7.13. The third-order valence-corrected chi connectivity index (χ3v) is 5.12. The first-order valence-electron chi connectivity index (χ1n) is 8.29. The molecule has 0 fully saturated rings. The Morgan fingerprint density at radius 2 is 2.38 bits per heavy atom. The molecule has 0 saturated carbocycles. The van der Waals surface area contributed by atoms with Gasteiger partial charge in [0.15, 0.2) is 5.82 Å². The van der Waals surface area contributed by atoms with E-state index in [1.165, 1.54) is 0 Å². The maximum atomic E-state index is 5.43. The third kappa shape index (κ3) is 2.99. The molecule has 0 saturated heterocycles. The van der Waals surface area contributed by atoms with Gasteiger partial charge in [0.1, 0.15) is 5.82 Å². The van der Waals surface area contributed by atoms with Gasteiger partial charge in [-0.2, -0.15) is 10.1 Å². The van der Waals surface area contributed by atoms with Crippen LogP contribution in [-0.4, -0.2) is 30.9 Å². The molecule has 126 valence electrons. The molecule has 1 aliphatic heterocycles. The number of rotatable bonds is 5. The summed E-state index contributed by atoms with van der Waals surface area (Å²) in [6.45, 7) is 4.97. The first-order chi connectivity index (χ1) is 11.7. The van der Waals surface area contributed by atoms with Gasteiger partial charge in [0.2, 0.25) is 11.7 Å². The van der Waals surface area contributed by atoms with Gasteiger partial charge in [0.25, 0.3) is 0 Å². The van der Waals surface area contributed by atoms with Crippen molar-refractivity contribution in [2.75, 3.05) is 0 Å². The van der Waals surface area contributed by atoms with Crippen LogP contribution >= 0.6 is 11.3 Å². The van der Waals surface area contributed by atoms with E-state index in [9.17, 15) is 0 Å². The molecular weight excluding hydrogens is 324 g/mol. The lowest BCUT2D eigenvalue weighted by Gasteiger charge is -2.25. The largest absolute Gasteiger partial charge is 0.337 e. The van der Waals surface area contributed by atoms with Crippen molar-refractivity contribution in [2.24, 2.45) is 0 Å². The second-order valence-corrected chi connectivity index (χ2v) is 6.99. The van der Waals surface area contributed by atoms with Crippen LogP contribution in [0.3, 0.4) is 0 Å². The summed E-state index contributed by atoms with van der Waals surface area (Å²) in [5.41, 5.74) is 0. The van der Waals surface area contributed by atoms with Crippen LogP contribution in [0.25, 0.3) is 10.7 Å². The number of nitrogens with zero attached hydrogens (tertiary/aromatic N) is 5. The summed E-state index contributed by atoms with van der Waals surface area (Å²) in [6, 6.07) is 4.32. The molecule has 7 nitrogen and oxygen atoms in total.